The molecule has 7 nitrogen and oxygen atoms in total. The topological polar surface area (TPSA) is 104 Å². The normalized spacial score (nSPS) is 13.3. The maximum atomic E-state index is 12.3. The summed E-state index contributed by atoms with van der Waals surface area (Å²) >= 11 is 5.71. The van der Waals surface area contributed by atoms with Crippen LogP contribution in [0.2, 0.25) is 5.02 Å². The second kappa shape index (κ2) is 5.36. The molecule has 1 aliphatic rings. The fraction of sp³-hybridized carbons (Fsp3) is 0.0667. The summed E-state index contributed by atoms with van der Waals surface area (Å²) < 4.78 is 0. The van der Waals surface area contributed by atoms with Gasteiger partial charge in [-0.05, 0) is 29.5 Å². The number of carbonyl (C=O) groups is 2. The lowest BCUT2D eigenvalue weighted by Gasteiger charge is -2.16. The fourth-order valence-electron chi connectivity index (χ4n) is 2.43. The Hall–Kier alpha value is -2.93. The molecule has 23 heavy (non-hydrogen) atoms. The molecule has 0 spiro atoms. The SMILES string of the molecule is O=C1c2ccccc2C(=O)N1Cc1cc(Cl)c([O-])c([N+](=O)[O-])c1. The van der Waals surface area contributed by atoms with Gasteiger partial charge in [0.2, 0.25) is 0 Å². The van der Waals surface area contributed by atoms with Crippen LogP contribution in [0.1, 0.15) is 26.3 Å². The highest BCUT2D eigenvalue weighted by Crippen LogP contribution is 2.33. The number of nitrogens with zero attached hydrogens (tertiary/aromatic N) is 2. The van der Waals surface area contributed by atoms with Crippen LogP contribution in [-0.4, -0.2) is 21.6 Å². The molecule has 8 heteroatoms. The molecule has 0 atom stereocenters. The summed E-state index contributed by atoms with van der Waals surface area (Å²) in [6.07, 6.45) is 0. The van der Waals surface area contributed by atoms with E-state index in [1.54, 1.807) is 12.1 Å². The molecule has 0 bridgehead atoms. The number of benzene rings is 2. The van der Waals surface area contributed by atoms with Gasteiger partial charge in [-0.3, -0.25) is 24.6 Å². The Morgan fingerprint density at radius 1 is 1.09 bits per heavy atom. The standard InChI is InChI=1S/C15H9ClN2O5/c16-11-5-8(6-12(13(11)19)18(22)23)7-17-14(20)9-3-1-2-4-10(9)15(17)21/h1-6,19H,7H2/p-1. The van der Waals surface area contributed by atoms with E-state index in [0.29, 0.717) is 0 Å². The van der Waals surface area contributed by atoms with Crippen molar-refractivity contribution in [2.45, 2.75) is 6.54 Å². The van der Waals surface area contributed by atoms with Crippen molar-refractivity contribution in [3.05, 3.63) is 68.2 Å². The maximum Gasteiger partial charge on any atom is 0.263 e. The Bertz CT molecular complexity index is 830. The summed E-state index contributed by atoms with van der Waals surface area (Å²) in [5.74, 6) is -1.88. The number of halogens is 1. The minimum absolute atomic E-state index is 0.201. The molecule has 0 saturated carbocycles. The van der Waals surface area contributed by atoms with Crippen LogP contribution in [0.15, 0.2) is 36.4 Å². The average Bonchev–Trinajstić information content (AvgIpc) is 2.76. The lowest BCUT2D eigenvalue weighted by atomic mass is 10.1. The largest absolute Gasteiger partial charge is 0.867 e. The number of amides is 2. The van der Waals surface area contributed by atoms with Crippen LogP contribution in [0.3, 0.4) is 0 Å². The maximum absolute atomic E-state index is 12.3. The molecule has 0 aliphatic carbocycles. The molecular weight excluding hydrogens is 324 g/mol. The lowest BCUT2D eigenvalue weighted by molar-refractivity contribution is -0.398. The van der Waals surface area contributed by atoms with Crippen LogP contribution < -0.4 is 5.11 Å². The Balaban J connectivity index is 1.97. The first-order chi connectivity index (χ1) is 10.9. The smallest absolute Gasteiger partial charge is 0.263 e. The highest BCUT2D eigenvalue weighted by molar-refractivity contribution is 6.32. The van der Waals surface area contributed by atoms with E-state index in [1.807, 2.05) is 0 Å². The van der Waals surface area contributed by atoms with Crippen molar-refractivity contribution in [2.24, 2.45) is 0 Å². The van der Waals surface area contributed by atoms with Crippen LogP contribution in [0.5, 0.6) is 5.75 Å². The van der Waals surface area contributed by atoms with E-state index in [4.69, 9.17) is 11.6 Å². The van der Waals surface area contributed by atoms with Crippen molar-refractivity contribution in [3.63, 3.8) is 0 Å². The summed E-state index contributed by atoms with van der Waals surface area (Å²) in [6, 6.07) is 8.60. The second-order valence-electron chi connectivity index (χ2n) is 4.93. The molecule has 2 aromatic rings. The zero-order valence-electron chi connectivity index (χ0n) is 11.5. The van der Waals surface area contributed by atoms with Gasteiger partial charge in [0.25, 0.3) is 17.5 Å². The molecule has 2 aromatic carbocycles. The molecule has 0 unspecified atom stereocenters. The molecule has 116 valence electrons. The molecule has 0 N–H and O–H groups in total. The predicted octanol–water partition coefficient (Wildman–Crippen LogP) is 2.12. The van der Waals surface area contributed by atoms with E-state index < -0.39 is 28.2 Å². The molecule has 0 saturated heterocycles. The van der Waals surface area contributed by atoms with Crippen LogP contribution >= 0.6 is 11.6 Å². The van der Waals surface area contributed by atoms with E-state index in [1.165, 1.54) is 18.2 Å². The number of imide groups is 1. The molecular formula is C15H8ClN2O5-. The van der Waals surface area contributed by atoms with Crippen molar-refractivity contribution in [1.29, 1.82) is 0 Å². The lowest BCUT2D eigenvalue weighted by Crippen LogP contribution is -2.29. The Kier molecular flexibility index (Phi) is 3.49. The van der Waals surface area contributed by atoms with Gasteiger partial charge in [0.05, 0.1) is 22.6 Å². The van der Waals surface area contributed by atoms with Crippen molar-refractivity contribution in [1.82, 2.24) is 4.90 Å². The second-order valence-corrected chi connectivity index (χ2v) is 5.33. The third-order valence-electron chi connectivity index (χ3n) is 3.50. The number of rotatable bonds is 3. The Morgan fingerprint density at radius 2 is 1.65 bits per heavy atom. The Morgan fingerprint density at radius 3 is 2.17 bits per heavy atom. The van der Waals surface area contributed by atoms with Crippen molar-refractivity contribution in [3.8, 4) is 5.75 Å². The first kappa shape index (κ1) is 15.0. The summed E-state index contributed by atoms with van der Waals surface area (Å²) in [6.45, 7) is -0.201. The highest BCUT2D eigenvalue weighted by atomic mass is 35.5. The van der Waals surface area contributed by atoms with Gasteiger partial charge in [-0.2, -0.15) is 0 Å². The van der Waals surface area contributed by atoms with Gasteiger partial charge in [0.15, 0.2) is 0 Å². The number of hydrogen-bond acceptors (Lipinski definition) is 5. The van der Waals surface area contributed by atoms with Gasteiger partial charge in [-0.15, -0.1) is 0 Å². The predicted molar refractivity (Wildman–Crippen MR) is 78.2 cm³/mol. The van der Waals surface area contributed by atoms with Gasteiger partial charge in [0.1, 0.15) is 0 Å². The first-order valence-electron chi connectivity index (χ1n) is 6.49. The van der Waals surface area contributed by atoms with Gasteiger partial charge in [-0.1, -0.05) is 23.7 Å². The number of nitro groups is 1. The van der Waals surface area contributed by atoms with Gasteiger partial charge < -0.3 is 5.11 Å². The number of nitro benzene ring substituents is 1. The number of carbonyl (C=O) groups excluding carboxylic acids is 2. The summed E-state index contributed by atoms with van der Waals surface area (Å²) in [4.78, 5) is 35.5. The highest BCUT2D eigenvalue weighted by Gasteiger charge is 2.35. The molecule has 3 rings (SSSR count). The van der Waals surface area contributed by atoms with Crippen molar-refractivity contribution >= 4 is 29.1 Å². The summed E-state index contributed by atoms with van der Waals surface area (Å²) in [7, 11) is 0. The Labute approximate surface area is 134 Å². The van der Waals surface area contributed by atoms with Gasteiger partial charge >= 0.3 is 0 Å². The number of fused-ring (bicyclic) bond motifs is 1. The summed E-state index contributed by atoms with van der Waals surface area (Å²) in [5, 5.41) is 22.1. The third-order valence-corrected chi connectivity index (χ3v) is 3.78. The molecule has 0 fully saturated rings. The van der Waals surface area contributed by atoms with Crippen LogP contribution in [0.25, 0.3) is 0 Å². The van der Waals surface area contributed by atoms with E-state index in [0.717, 1.165) is 11.0 Å². The molecule has 0 radical (unpaired) electrons. The van der Waals surface area contributed by atoms with E-state index in [-0.39, 0.29) is 28.3 Å². The van der Waals surface area contributed by atoms with Crippen LogP contribution in [0.4, 0.5) is 5.69 Å². The minimum atomic E-state index is -0.900. The van der Waals surface area contributed by atoms with E-state index in [2.05, 4.69) is 0 Å². The van der Waals surface area contributed by atoms with Gasteiger partial charge in [0, 0.05) is 11.1 Å². The molecule has 2 amide bonds. The molecule has 0 aromatic heterocycles. The fourth-order valence-corrected chi connectivity index (χ4v) is 2.66. The zero-order valence-corrected chi connectivity index (χ0v) is 12.2. The van der Waals surface area contributed by atoms with Crippen LogP contribution in [-0.2, 0) is 6.54 Å². The van der Waals surface area contributed by atoms with Gasteiger partial charge in [-0.25, -0.2) is 0 Å². The minimum Gasteiger partial charge on any atom is -0.867 e. The van der Waals surface area contributed by atoms with E-state index in [9.17, 15) is 24.8 Å². The van der Waals surface area contributed by atoms with E-state index >= 15 is 0 Å². The van der Waals surface area contributed by atoms with Crippen LogP contribution in [0, 0.1) is 10.1 Å². The summed E-state index contributed by atoms with van der Waals surface area (Å²) in [5.41, 5.74) is 0.0944. The first-order valence-corrected chi connectivity index (χ1v) is 6.87. The molecule has 1 heterocycles. The zero-order chi connectivity index (χ0) is 16.7. The molecule has 1 aliphatic heterocycles. The monoisotopic (exact) mass is 331 g/mol. The third kappa shape index (κ3) is 2.40. The number of hydrogen-bond donors (Lipinski definition) is 0. The van der Waals surface area contributed by atoms with Crippen molar-refractivity contribution in [2.75, 3.05) is 0 Å². The average molecular weight is 332 g/mol. The quantitative estimate of drug-likeness (QED) is 0.487. The van der Waals surface area contributed by atoms with Crippen molar-refractivity contribution < 1.29 is 19.6 Å².